The van der Waals surface area contributed by atoms with Crippen molar-refractivity contribution in [2.45, 2.75) is 76.6 Å². The average Bonchev–Trinajstić information content (AvgIpc) is 3.68. The summed E-state index contributed by atoms with van der Waals surface area (Å²) in [6.07, 6.45) is 7.07. The minimum Gasteiger partial charge on any atom is -0.458 e. The first-order chi connectivity index (χ1) is 17.6. The molecule has 3 aromatic heterocycles. The van der Waals surface area contributed by atoms with E-state index < -0.39 is 6.04 Å². The van der Waals surface area contributed by atoms with Gasteiger partial charge in [-0.1, -0.05) is 25.3 Å². The minimum atomic E-state index is -0.737. The van der Waals surface area contributed by atoms with E-state index in [2.05, 4.69) is 20.7 Å². The minimum absolute atomic E-state index is 0.107. The largest absolute Gasteiger partial charge is 0.458 e. The van der Waals surface area contributed by atoms with Crippen LogP contribution in [0.5, 0.6) is 0 Å². The normalized spacial score (nSPS) is 19.3. The molecule has 1 aliphatic carbocycles. The lowest BCUT2D eigenvalue weighted by Gasteiger charge is -2.33. The van der Waals surface area contributed by atoms with Gasteiger partial charge in [-0.05, 0) is 61.4 Å². The molecule has 4 heterocycles. The van der Waals surface area contributed by atoms with Crippen LogP contribution in [-0.4, -0.2) is 62.2 Å². The molecule has 1 saturated heterocycles. The Morgan fingerprint density at radius 2 is 2.06 bits per heavy atom. The Morgan fingerprint density at radius 1 is 1.19 bits per heavy atom. The van der Waals surface area contributed by atoms with Crippen molar-refractivity contribution in [3.8, 4) is 11.6 Å². The Kier molecular flexibility index (Phi) is 7.76. The number of furan rings is 1. The third-order valence-corrected chi connectivity index (χ3v) is 7.68. The number of tetrazole rings is 1. The number of aromatic nitrogens is 4. The highest BCUT2D eigenvalue weighted by molar-refractivity contribution is 7.10. The van der Waals surface area contributed by atoms with E-state index in [9.17, 15) is 9.59 Å². The fourth-order valence-corrected chi connectivity index (χ4v) is 5.77. The van der Waals surface area contributed by atoms with Gasteiger partial charge in [0, 0.05) is 24.1 Å². The summed E-state index contributed by atoms with van der Waals surface area (Å²) >= 11 is 1.48. The van der Waals surface area contributed by atoms with Gasteiger partial charge < -0.3 is 19.4 Å². The number of nitrogens with zero attached hydrogens (tertiary/aromatic N) is 5. The molecule has 0 unspecified atom stereocenters. The third-order valence-electron chi connectivity index (χ3n) is 6.76. The van der Waals surface area contributed by atoms with Gasteiger partial charge >= 0.3 is 0 Å². The van der Waals surface area contributed by atoms with Gasteiger partial charge in [-0.15, -0.1) is 21.5 Å². The molecule has 1 aliphatic heterocycles. The van der Waals surface area contributed by atoms with Crippen LogP contribution in [0.2, 0.25) is 0 Å². The smallest absolute Gasteiger partial charge is 0.248 e. The monoisotopic (exact) mass is 512 g/mol. The van der Waals surface area contributed by atoms with Crippen LogP contribution in [0.1, 0.15) is 61.6 Å². The van der Waals surface area contributed by atoms with E-state index >= 15 is 0 Å². The number of amides is 2. The Labute approximate surface area is 214 Å². The molecule has 10 nitrogen and oxygen atoms in total. The number of thiophene rings is 1. The lowest BCUT2D eigenvalue weighted by Crippen LogP contribution is -2.49. The van der Waals surface area contributed by atoms with Gasteiger partial charge in [-0.2, -0.15) is 4.80 Å². The standard InChI is InChI=1S/C25H32N6O4S/c1-17-11-12-20(35-17)24-27-29-31(28-24)16-22(32)30(15-19-9-5-13-34-19)23(21-10-6-14-36-21)25(33)26-18-7-3-2-4-8-18/h6,10-12,14,18-19,23H,2-5,7-9,13,15-16H2,1H3,(H,26,33)/t19-,23+/m0/s1. The van der Waals surface area contributed by atoms with Crippen LogP contribution in [-0.2, 0) is 20.9 Å². The van der Waals surface area contributed by atoms with Gasteiger partial charge in [0.15, 0.2) is 5.76 Å². The van der Waals surface area contributed by atoms with Gasteiger partial charge in [-0.3, -0.25) is 9.59 Å². The zero-order valence-electron chi connectivity index (χ0n) is 20.5. The average molecular weight is 513 g/mol. The van der Waals surface area contributed by atoms with Crippen LogP contribution in [0.25, 0.3) is 11.6 Å². The molecule has 192 valence electrons. The molecule has 0 aromatic carbocycles. The highest BCUT2D eigenvalue weighted by Gasteiger charge is 2.36. The predicted molar refractivity (Wildman–Crippen MR) is 133 cm³/mol. The zero-order chi connectivity index (χ0) is 24.9. The van der Waals surface area contributed by atoms with Crippen molar-refractivity contribution < 1.29 is 18.7 Å². The summed E-state index contributed by atoms with van der Waals surface area (Å²) in [5, 5.41) is 17.6. The molecule has 5 rings (SSSR count). The fourth-order valence-electron chi connectivity index (χ4n) is 4.93. The maximum Gasteiger partial charge on any atom is 0.248 e. The highest BCUT2D eigenvalue weighted by Crippen LogP contribution is 2.29. The van der Waals surface area contributed by atoms with Crippen molar-refractivity contribution in [2.75, 3.05) is 13.2 Å². The Bertz CT molecular complexity index is 1150. The molecule has 2 atom stereocenters. The quantitative estimate of drug-likeness (QED) is 0.467. The first kappa shape index (κ1) is 24.6. The fraction of sp³-hybridized carbons (Fsp3) is 0.560. The number of hydrogen-bond donors (Lipinski definition) is 1. The summed E-state index contributed by atoms with van der Waals surface area (Å²) in [5.41, 5.74) is 0. The number of nitrogens with one attached hydrogen (secondary N) is 1. The van der Waals surface area contributed by atoms with Gasteiger partial charge in [0.25, 0.3) is 0 Å². The molecule has 36 heavy (non-hydrogen) atoms. The SMILES string of the molecule is Cc1ccc(-c2nnn(CC(=O)N(C[C@@H]3CCCO3)[C@@H](C(=O)NC3CCCCC3)c3cccs3)n2)o1. The Hall–Kier alpha value is -3.05. The summed E-state index contributed by atoms with van der Waals surface area (Å²) < 4.78 is 11.4. The Balaban J connectivity index is 1.38. The van der Waals surface area contributed by atoms with E-state index in [4.69, 9.17) is 9.15 Å². The summed E-state index contributed by atoms with van der Waals surface area (Å²) in [6.45, 7) is 2.70. The van der Waals surface area contributed by atoms with Crippen molar-refractivity contribution in [2.24, 2.45) is 0 Å². The number of carbonyl (C=O) groups is 2. The number of ether oxygens (including phenoxy) is 1. The van der Waals surface area contributed by atoms with Crippen molar-refractivity contribution in [1.29, 1.82) is 0 Å². The molecular formula is C25H32N6O4S. The molecule has 0 radical (unpaired) electrons. The first-order valence-electron chi connectivity index (χ1n) is 12.7. The molecule has 0 bridgehead atoms. The van der Waals surface area contributed by atoms with Gasteiger partial charge in [0.05, 0.1) is 6.10 Å². The third kappa shape index (κ3) is 5.84. The van der Waals surface area contributed by atoms with Crippen LogP contribution < -0.4 is 5.32 Å². The number of carbonyl (C=O) groups excluding carboxylic acids is 2. The molecule has 2 amide bonds. The van der Waals surface area contributed by atoms with Gasteiger partial charge in [0.2, 0.25) is 17.6 Å². The van der Waals surface area contributed by atoms with E-state index in [1.165, 1.54) is 22.6 Å². The molecule has 3 aromatic rings. The summed E-state index contributed by atoms with van der Waals surface area (Å²) in [6, 6.07) is 6.82. The molecule has 2 fully saturated rings. The number of rotatable bonds is 9. The van der Waals surface area contributed by atoms with Crippen molar-refractivity contribution in [1.82, 2.24) is 30.4 Å². The molecule has 1 saturated carbocycles. The molecule has 2 aliphatic rings. The van der Waals surface area contributed by atoms with Crippen LogP contribution in [0.4, 0.5) is 0 Å². The zero-order valence-corrected chi connectivity index (χ0v) is 21.3. The first-order valence-corrected chi connectivity index (χ1v) is 13.5. The van der Waals surface area contributed by atoms with Crippen molar-refractivity contribution >= 4 is 23.2 Å². The van der Waals surface area contributed by atoms with E-state index in [0.717, 1.165) is 49.2 Å². The summed E-state index contributed by atoms with van der Waals surface area (Å²) in [4.78, 5) is 31.1. The van der Waals surface area contributed by atoms with Crippen LogP contribution in [0, 0.1) is 6.92 Å². The van der Waals surface area contributed by atoms with E-state index in [-0.39, 0.29) is 30.5 Å². The molecule has 1 N–H and O–H groups in total. The Morgan fingerprint density at radius 3 is 2.75 bits per heavy atom. The van der Waals surface area contributed by atoms with Gasteiger partial charge in [0.1, 0.15) is 18.3 Å². The van der Waals surface area contributed by atoms with Crippen molar-refractivity contribution in [3.63, 3.8) is 0 Å². The maximum atomic E-state index is 13.7. The molecular weight excluding hydrogens is 480 g/mol. The second-order valence-electron chi connectivity index (χ2n) is 9.50. The van der Waals surface area contributed by atoms with Crippen LogP contribution >= 0.6 is 11.3 Å². The second-order valence-corrected chi connectivity index (χ2v) is 10.5. The molecule has 0 spiro atoms. The predicted octanol–water partition coefficient (Wildman–Crippen LogP) is 3.50. The van der Waals surface area contributed by atoms with Crippen LogP contribution in [0.3, 0.4) is 0 Å². The van der Waals surface area contributed by atoms with Crippen molar-refractivity contribution in [3.05, 3.63) is 40.3 Å². The summed E-state index contributed by atoms with van der Waals surface area (Å²) in [5.74, 6) is 1.14. The number of aryl methyl sites for hydroxylation is 1. The highest BCUT2D eigenvalue weighted by atomic mass is 32.1. The molecule has 11 heteroatoms. The second kappa shape index (κ2) is 11.3. The topological polar surface area (TPSA) is 115 Å². The lowest BCUT2D eigenvalue weighted by molar-refractivity contribution is -0.143. The number of hydrogen-bond acceptors (Lipinski definition) is 8. The summed E-state index contributed by atoms with van der Waals surface area (Å²) in [7, 11) is 0. The van der Waals surface area contributed by atoms with Gasteiger partial charge in [-0.25, -0.2) is 0 Å². The lowest BCUT2D eigenvalue weighted by atomic mass is 9.95. The van der Waals surface area contributed by atoms with E-state index in [1.807, 2.05) is 30.5 Å². The van der Waals surface area contributed by atoms with E-state index in [1.54, 1.807) is 11.0 Å². The van der Waals surface area contributed by atoms with Crippen LogP contribution in [0.15, 0.2) is 34.1 Å². The maximum absolute atomic E-state index is 13.7. The van der Waals surface area contributed by atoms with E-state index in [0.29, 0.717) is 24.7 Å².